The second-order valence-corrected chi connectivity index (χ2v) is 8.75. The van der Waals surface area contributed by atoms with Crippen molar-refractivity contribution in [2.75, 3.05) is 25.0 Å². The molecule has 4 rings (SSSR count). The van der Waals surface area contributed by atoms with Gasteiger partial charge >= 0.3 is 0 Å². The minimum absolute atomic E-state index is 0.0158. The number of carbonyl (C=O) groups excluding carboxylic acids is 2. The summed E-state index contributed by atoms with van der Waals surface area (Å²) in [5, 5.41) is 4.20. The summed E-state index contributed by atoms with van der Waals surface area (Å²) in [6.45, 7) is 3.77. The molecule has 0 spiro atoms. The number of nitrogens with zero attached hydrogens (tertiary/aromatic N) is 5. The van der Waals surface area contributed by atoms with E-state index in [1.165, 1.54) is 0 Å². The summed E-state index contributed by atoms with van der Waals surface area (Å²) in [7, 11) is 3.98. The van der Waals surface area contributed by atoms with Gasteiger partial charge in [-0.2, -0.15) is 5.10 Å². The summed E-state index contributed by atoms with van der Waals surface area (Å²) in [6.07, 6.45) is 6.46. The second-order valence-electron chi connectivity index (χ2n) is 8.75. The molecule has 2 aromatic rings. The standard InChI is InChI=1S/C24H33N5O2/c1-4-23(30)29-15-13-19-9-7-10-20(26(19)2)17-28(16-18-8-5-6-11-21(18)29)24(31)22-12-14-25-27(22)3/h5-6,8,11-12,14,19-20H,4,7,9-10,13,15-17H2,1-3H3. The Morgan fingerprint density at radius 3 is 2.58 bits per heavy atom. The van der Waals surface area contributed by atoms with Crippen molar-refractivity contribution >= 4 is 17.5 Å². The first-order chi connectivity index (χ1) is 15.0. The molecule has 0 aliphatic carbocycles. The molecule has 7 heteroatoms. The van der Waals surface area contributed by atoms with Crippen LogP contribution in [0.1, 0.15) is 55.1 Å². The van der Waals surface area contributed by atoms with E-state index < -0.39 is 0 Å². The van der Waals surface area contributed by atoms with Crippen LogP contribution in [-0.4, -0.2) is 63.6 Å². The van der Waals surface area contributed by atoms with Crippen LogP contribution in [0.15, 0.2) is 36.5 Å². The van der Waals surface area contributed by atoms with E-state index in [2.05, 4.69) is 17.0 Å². The molecule has 2 aliphatic heterocycles. The first kappa shape index (κ1) is 21.6. The SMILES string of the molecule is CCC(=O)N1CCC2CCCC(CN(C(=O)c3ccnn3C)Cc3ccccc31)N2C. The molecule has 7 nitrogen and oxygen atoms in total. The molecule has 1 aromatic heterocycles. The lowest BCUT2D eigenvalue weighted by molar-refractivity contribution is -0.118. The number of anilines is 1. The van der Waals surface area contributed by atoms with Gasteiger partial charge in [-0.05, 0) is 44.0 Å². The van der Waals surface area contributed by atoms with E-state index in [1.807, 2.05) is 41.0 Å². The van der Waals surface area contributed by atoms with Gasteiger partial charge in [-0.15, -0.1) is 0 Å². The Bertz CT molecular complexity index is 940. The average molecular weight is 424 g/mol. The Labute approximate surface area is 184 Å². The molecule has 166 valence electrons. The minimum atomic E-state index is -0.0158. The molecule has 2 atom stereocenters. The molecule has 1 aromatic carbocycles. The number of benzene rings is 1. The third-order valence-electron chi connectivity index (χ3n) is 6.92. The number of rotatable bonds is 2. The Hall–Kier alpha value is -2.67. The Morgan fingerprint density at radius 1 is 1.06 bits per heavy atom. The fourth-order valence-corrected chi connectivity index (χ4v) is 5.04. The minimum Gasteiger partial charge on any atom is -0.331 e. The largest absolute Gasteiger partial charge is 0.331 e. The molecular weight excluding hydrogens is 390 g/mol. The summed E-state index contributed by atoms with van der Waals surface area (Å²) in [4.78, 5) is 32.8. The average Bonchev–Trinajstić information content (AvgIpc) is 3.20. The smallest absolute Gasteiger partial charge is 0.272 e. The number of para-hydroxylation sites is 1. The molecule has 31 heavy (non-hydrogen) atoms. The number of likely N-dealkylation sites (N-methyl/N-ethyl adjacent to an activating group) is 1. The number of piperidine rings is 1. The van der Waals surface area contributed by atoms with Gasteiger partial charge in [-0.1, -0.05) is 31.5 Å². The van der Waals surface area contributed by atoms with Crippen molar-refractivity contribution in [1.29, 1.82) is 0 Å². The molecule has 2 bridgehead atoms. The van der Waals surface area contributed by atoms with Crippen molar-refractivity contribution in [1.82, 2.24) is 19.6 Å². The van der Waals surface area contributed by atoms with Crippen LogP contribution in [0.2, 0.25) is 0 Å². The normalized spacial score (nSPS) is 22.5. The topological polar surface area (TPSA) is 61.7 Å². The van der Waals surface area contributed by atoms with Crippen molar-refractivity contribution in [3.05, 3.63) is 47.8 Å². The molecule has 0 saturated carbocycles. The number of aryl methyl sites for hydroxylation is 1. The summed E-state index contributed by atoms with van der Waals surface area (Å²) < 4.78 is 1.64. The first-order valence-electron chi connectivity index (χ1n) is 11.4. The van der Waals surface area contributed by atoms with E-state index in [0.717, 1.165) is 36.9 Å². The lowest BCUT2D eigenvalue weighted by Gasteiger charge is -2.41. The van der Waals surface area contributed by atoms with Crippen LogP contribution < -0.4 is 4.90 Å². The van der Waals surface area contributed by atoms with Crippen LogP contribution in [0.5, 0.6) is 0 Å². The van der Waals surface area contributed by atoms with Gasteiger partial charge in [0.2, 0.25) is 5.91 Å². The van der Waals surface area contributed by atoms with Crippen molar-refractivity contribution in [3.8, 4) is 0 Å². The fourth-order valence-electron chi connectivity index (χ4n) is 5.04. The predicted octanol–water partition coefficient (Wildman–Crippen LogP) is 3.06. The highest BCUT2D eigenvalue weighted by atomic mass is 16.2. The van der Waals surface area contributed by atoms with Crippen LogP contribution in [0, 0.1) is 0 Å². The molecule has 2 amide bonds. The van der Waals surface area contributed by atoms with Crippen LogP contribution in [0.3, 0.4) is 0 Å². The molecule has 0 radical (unpaired) electrons. The zero-order valence-electron chi connectivity index (χ0n) is 18.8. The summed E-state index contributed by atoms with van der Waals surface area (Å²) in [6, 6.07) is 10.5. The van der Waals surface area contributed by atoms with Gasteiger partial charge in [0.15, 0.2) is 0 Å². The van der Waals surface area contributed by atoms with Gasteiger partial charge in [-0.25, -0.2) is 0 Å². The van der Waals surface area contributed by atoms with Crippen molar-refractivity contribution < 1.29 is 9.59 Å². The molecule has 3 heterocycles. The zero-order chi connectivity index (χ0) is 22.0. The third kappa shape index (κ3) is 4.37. The van der Waals surface area contributed by atoms with Gasteiger partial charge in [0.1, 0.15) is 5.69 Å². The van der Waals surface area contributed by atoms with Crippen molar-refractivity contribution in [2.45, 2.75) is 57.7 Å². The quantitative estimate of drug-likeness (QED) is 0.745. The van der Waals surface area contributed by atoms with E-state index >= 15 is 0 Å². The molecule has 1 saturated heterocycles. The molecule has 1 fully saturated rings. The van der Waals surface area contributed by atoms with E-state index in [4.69, 9.17) is 0 Å². The Kier molecular flexibility index (Phi) is 6.41. The van der Waals surface area contributed by atoms with Gasteiger partial charge in [0.05, 0.1) is 0 Å². The fraction of sp³-hybridized carbons (Fsp3) is 0.542. The van der Waals surface area contributed by atoms with E-state index in [9.17, 15) is 9.59 Å². The van der Waals surface area contributed by atoms with Gasteiger partial charge < -0.3 is 9.80 Å². The zero-order valence-corrected chi connectivity index (χ0v) is 18.8. The van der Waals surface area contributed by atoms with Crippen molar-refractivity contribution in [2.24, 2.45) is 7.05 Å². The van der Waals surface area contributed by atoms with Crippen LogP contribution in [-0.2, 0) is 18.4 Å². The maximum absolute atomic E-state index is 13.5. The Morgan fingerprint density at radius 2 is 1.84 bits per heavy atom. The number of hydrogen-bond acceptors (Lipinski definition) is 4. The van der Waals surface area contributed by atoms with Gasteiger partial charge in [0, 0.05) is 57.1 Å². The van der Waals surface area contributed by atoms with Crippen LogP contribution >= 0.6 is 0 Å². The van der Waals surface area contributed by atoms with Crippen LogP contribution in [0.25, 0.3) is 0 Å². The molecular formula is C24H33N5O2. The number of amides is 2. The van der Waals surface area contributed by atoms with Crippen LogP contribution in [0.4, 0.5) is 5.69 Å². The lowest BCUT2D eigenvalue weighted by Crippen LogP contribution is -2.51. The third-order valence-corrected chi connectivity index (χ3v) is 6.92. The van der Waals surface area contributed by atoms with E-state index in [0.29, 0.717) is 43.8 Å². The highest BCUT2D eigenvalue weighted by molar-refractivity contribution is 5.95. The number of hydrogen-bond donors (Lipinski definition) is 0. The maximum Gasteiger partial charge on any atom is 0.272 e. The molecule has 0 N–H and O–H groups in total. The lowest BCUT2D eigenvalue weighted by atomic mass is 9.93. The first-order valence-corrected chi connectivity index (χ1v) is 11.4. The molecule has 2 aliphatic rings. The maximum atomic E-state index is 13.5. The molecule has 2 unspecified atom stereocenters. The summed E-state index contributed by atoms with van der Waals surface area (Å²) in [5.41, 5.74) is 2.53. The monoisotopic (exact) mass is 423 g/mol. The number of aromatic nitrogens is 2. The Balaban J connectivity index is 1.76. The second kappa shape index (κ2) is 9.22. The number of fused-ring (bicyclic) bond motifs is 3. The highest BCUT2D eigenvalue weighted by Crippen LogP contribution is 2.30. The summed E-state index contributed by atoms with van der Waals surface area (Å²) in [5.74, 6) is 0.115. The van der Waals surface area contributed by atoms with Gasteiger partial charge in [-0.3, -0.25) is 19.2 Å². The van der Waals surface area contributed by atoms with Crippen molar-refractivity contribution in [3.63, 3.8) is 0 Å². The predicted molar refractivity (Wildman–Crippen MR) is 121 cm³/mol. The van der Waals surface area contributed by atoms with E-state index in [1.54, 1.807) is 24.0 Å². The highest BCUT2D eigenvalue weighted by Gasteiger charge is 2.33. The van der Waals surface area contributed by atoms with Gasteiger partial charge in [0.25, 0.3) is 5.91 Å². The summed E-state index contributed by atoms with van der Waals surface area (Å²) >= 11 is 0. The number of carbonyl (C=O) groups is 2. The van der Waals surface area contributed by atoms with E-state index in [-0.39, 0.29) is 11.8 Å².